The molecule has 1 fully saturated rings. The van der Waals surface area contributed by atoms with Crippen LogP contribution in [0, 0.1) is 5.82 Å². The van der Waals surface area contributed by atoms with Crippen molar-refractivity contribution in [1.29, 1.82) is 0 Å². The van der Waals surface area contributed by atoms with Crippen molar-refractivity contribution in [3.05, 3.63) is 54.1 Å². The number of anilines is 1. The molecule has 0 amide bonds. The third-order valence-corrected chi connectivity index (χ3v) is 3.48. The molecule has 4 nitrogen and oxygen atoms in total. The Morgan fingerprint density at radius 1 is 1.19 bits per heavy atom. The number of pyridine rings is 1. The van der Waals surface area contributed by atoms with Gasteiger partial charge in [-0.25, -0.2) is 4.39 Å². The molecule has 2 heterocycles. The van der Waals surface area contributed by atoms with Crippen molar-refractivity contribution in [2.75, 3.05) is 31.1 Å². The number of aromatic nitrogens is 1. The van der Waals surface area contributed by atoms with Gasteiger partial charge in [0.15, 0.2) is 0 Å². The zero-order valence-corrected chi connectivity index (χ0v) is 11.8. The largest absolute Gasteiger partial charge is 0.485 e. The molecule has 1 N–H and O–H groups in total. The number of hydrogen-bond acceptors (Lipinski definition) is 4. The van der Waals surface area contributed by atoms with Gasteiger partial charge in [-0.15, -0.1) is 0 Å². The Bertz CT molecular complexity index is 585. The summed E-state index contributed by atoms with van der Waals surface area (Å²) in [5.74, 6) is 0.456. The summed E-state index contributed by atoms with van der Waals surface area (Å²) in [5, 5.41) is 3.29. The summed E-state index contributed by atoms with van der Waals surface area (Å²) in [4.78, 5) is 6.38. The van der Waals surface area contributed by atoms with Crippen molar-refractivity contribution in [1.82, 2.24) is 10.3 Å². The van der Waals surface area contributed by atoms with Gasteiger partial charge in [0, 0.05) is 38.4 Å². The van der Waals surface area contributed by atoms with Crippen molar-refractivity contribution in [2.45, 2.75) is 6.61 Å². The van der Waals surface area contributed by atoms with Crippen LogP contribution in [-0.4, -0.2) is 31.2 Å². The van der Waals surface area contributed by atoms with Crippen LogP contribution in [0.15, 0.2) is 42.6 Å². The molecule has 0 radical (unpaired) electrons. The molecule has 0 bridgehead atoms. The van der Waals surface area contributed by atoms with E-state index in [2.05, 4.69) is 15.2 Å². The molecule has 21 heavy (non-hydrogen) atoms. The number of ether oxygens (including phenoxy) is 1. The summed E-state index contributed by atoms with van der Waals surface area (Å²) in [6.45, 7) is 3.88. The van der Waals surface area contributed by atoms with E-state index in [1.165, 1.54) is 6.07 Å². The maximum atomic E-state index is 13.6. The van der Waals surface area contributed by atoms with Crippen molar-refractivity contribution in [3.63, 3.8) is 0 Å². The van der Waals surface area contributed by atoms with E-state index in [9.17, 15) is 4.39 Å². The summed E-state index contributed by atoms with van der Waals surface area (Å²) < 4.78 is 19.4. The molecule has 0 atom stereocenters. The fourth-order valence-corrected chi connectivity index (χ4v) is 2.40. The first kappa shape index (κ1) is 13.8. The lowest BCUT2D eigenvalue weighted by Crippen LogP contribution is -2.43. The zero-order valence-electron chi connectivity index (χ0n) is 11.8. The highest BCUT2D eigenvalue weighted by Gasteiger charge is 2.16. The van der Waals surface area contributed by atoms with E-state index in [-0.39, 0.29) is 5.82 Å². The molecule has 0 spiro atoms. The van der Waals surface area contributed by atoms with Crippen molar-refractivity contribution >= 4 is 5.69 Å². The Morgan fingerprint density at radius 3 is 2.81 bits per heavy atom. The molecule has 3 rings (SSSR count). The molecule has 1 saturated heterocycles. The first-order valence-electron chi connectivity index (χ1n) is 7.11. The Kier molecular flexibility index (Phi) is 4.31. The number of hydrogen-bond donors (Lipinski definition) is 1. The minimum Gasteiger partial charge on any atom is -0.485 e. The van der Waals surface area contributed by atoms with E-state index in [1.54, 1.807) is 18.3 Å². The Balaban J connectivity index is 1.77. The molecule has 0 unspecified atom stereocenters. The second-order valence-corrected chi connectivity index (χ2v) is 4.96. The lowest BCUT2D eigenvalue weighted by atomic mass is 10.2. The van der Waals surface area contributed by atoms with Crippen molar-refractivity contribution in [2.24, 2.45) is 0 Å². The van der Waals surface area contributed by atoms with E-state index in [1.807, 2.05) is 18.2 Å². The van der Waals surface area contributed by atoms with Crippen molar-refractivity contribution in [3.8, 4) is 5.75 Å². The quantitative estimate of drug-likeness (QED) is 0.935. The van der Waals surface area contributed by atoms with E-state index in [0.717, 1.165) is 37.6 Å². The number of rotatable bonds is 4. The average Bonchev–Trinajstić information content (AvgIpc) is 2.55. The fraction of sp³-hybridized carbons (Fsp3) is 0.312. The zero-order chi connectivity index (χ0) is 14.5. The molecule has 2 aromatic rings. The van der Waals surface area contributed by atoms with Gasteiger partial charge in [-0.2, -0.15) is 0 Å². The van der Waals surface area contributed by atoms with E-state index in [0.29, 0.717) is 12.4 Å². The lowest BCUT2D eigenvalue weighted by Gasteiger charge is -2.30. The molecule has 0 aliphatic carbocycles. The third-order valence-electron chi connectivity index (χ3n) is 3.48. The first-order valence-corrected chi connectivity index (χ1v) is 7.11. The van der Waals surface area contributed by atoms with Gasteiger partial charge in [-0.3, -0.25) is 4.98 Å². The lowest BCUT2D eigenvalue weighted by molar-refractivity contribution is 0.301. The summed E-state index contributed by atoms with van der Waals surface area (Å²) >= 11 is 0. The topological polar surface area (TPSA) is 37.4 Å². The maximum Gasteiger partial charge on any atom is 0.143 e. The second-order valence-electron chi connectivity index (χ2n) is 4.96. The SMILES string of the molecule is Fc1ccc(OCc2ccccn2)c(N2CCNCC2)c1. The summed E-state index contributed by atoms with van der Waals surface area (Å²) in [7, 11) is 0. The first-order chi connectivity index (χ1) is 10.3. The van der Waals surface area contributed by atoms with Gasteiger partial charge in [0.2, 0.25) is 0 Å². The minimum atomic E-state index is -0.242. The number of piperazine rings is 1. The fourth-order valence-electron chi connectivity index (χ4n) is 2.40. The van der Waals surface area contributed by atoms with Crippen LogP contribution in [0.2, 0.25) is 0 Å². The van der Waals surface area contributed by atoms with Crippen LogP contribution in [0.25, 0.3) is 0 Å². The predicted molar refractivity (Wildman–Crippen MR) is 80.1 cm³/mol. The van der Waals surface area contributed by atoms with E-state index < -0.39 is 0 Å². The second kappa shape index (κ2) is 6.54. The highest BCUT2D eigenvalue weighted by molar-refractivity contribution is 5.59. The Labute approximate surface area is 123 Å². The highest BCUT2D eigenvalue weighted by Crippen LogP contribution is 2.30. The molecule has 1 aliphatic heterocycles. The number of benzene rings is 1. The molecule has 110 valence electrons. The van der Waals surface area contributed by atoms with Crippen LogP contribution in [-0.2, 0) is 6.61 Å². The van der Waals surface area contributed by atoms with Crippen LogP contribution < -0.4 is 15.0 Å². The summed E-state index contributed by atoms with van der Waals surface area (Å²) in [6.07, 6.45) is 1.74. The molecular weight excluding hydrogens is 269 g/mol. The van der Waals surface area contributed by atoms with Crippen LogP contribution in [0.5, 0.6) is 5.75 Å². The average molecular weight is 287 g/mol. The molecule has 0 saturated carbocycles. The normalized spacial score (nSPS) is 15.0. The summed E-state index contributed by atoms with van der Waals surface area (Å²) in [6, 6.07) is 10.4. The summed E-state index contributed by atoms with van der Waals surface area (Å²) in [5.41, 5.74) is 1.67. The molecule has 5 heteroatoms. The molecule has 1 aromatic heterocycles. The van der Waals surface area contributed by atoms with Gasteiger partial charge in [-0.1, -0.05) is 6.07 Å². The molecular formula is C16H18FN3O. The van der Waals surface area contributed by atoms with Crippen LogP contribution in [0.1, 0.15) is 5.69 Å². The molecule has 1 aromatic carbocycles. The van der Waals surface area contributed by atoms with Crippen LogP contribution in [0.3, 0.4) is 0 Å². The molecule has 1 aliphatic rings. The minimum absolute atomic E-state index is 0.242. The van der Waals surface area contributed by atoms with Crippen LogP contribution >= 0.6 is 0 Å². The van der Waals surface area contributed by atoms with Crippen LogP contribution in [0.4, 0.5) is 10.1 Å². The Hall–Kier alpha value is -2.14. The van der Waals surface area contributed by atoms with Gasteiger partial charge in [0.25, 0.3) is 0 Å². The van der Waals surface area contributed by atoms with Gasteiger partial charge < -0.3 is 15.0 Å². The predicted octanol–water partition coefficient (Wildman–Crippen LogP) is 2.21. The van der Waals surface area contributed by atoms with Gasteiger partial charge in [0.05, 0.1) is 11.4 Å². The number of halogens is 1. The van der Waals surface area contributed by atoms with Gasteiger partial charge in [-0.05, 0) is 24.3 Å². The highest BCUT2D eigenvalue weighted by atomic mass is 19.1. The monoisotopic (exact) mass is 287 g/mol. The number of nitrogens with zero attached hydrogens (tertiary/aromatic N) is 2. The standard InChI is InChI=1S/C16H18FN3O/c17-13-4-5-16(21-12-14-3-1-2-6-19-14)15(11-13)20-9-7-18-8-10-20/h1-6,11,18H,7-10,12H2. The van der Waals surface area contributed by atoms with Gasteiger partial charge in [0.1, 0.15) is 18.2 Å². The van der Waals surface area contributed by atoms with E-state index >= 15 is 0 Å². The van der Waals surface area contributed by atoms with E-state index in [4.69, 9.17) is 4.74 Å². The smallest absolute Gasteiger partial charge is 0.143 e. The Morgan fingerprint density at radius 2 is 2.05 bits per heavy atom. The third kappa shape index (κ3) is 3.49. The maximum absolute atomic E-state index is 13.6. The van der Waals surface area contributed by atoms with Crippen molar-refractivity contribution < 1.29 is 9.13 Å². The van der Waals surface area contributed by atoms with Gasteiger partial charge >= 0.3 is 0 Å². The number of nitrogens with one attached hydrogen (secondary N) is 1.